The van der Waals surface area contributed by atoms with Gasteiger partial charge in [-0.1, -0.05) is 24.3 Å². The summed E-state index contributed by atoms with van der Waals surface area (Å²) in [5.74, 6) is 0.296. The Balaban J connectivity index is 1.52. The molecular formula is C21H16N6O2. The number of benzene rings is 1. The number of ketones is 1. The first-order valence-electron chi connectivity index (χ1n) is 8.86. The number of nitrogens with one attached hydrogen (secondary N) is 3. The first-order chi connectivity index (χ1) is 14.0. The van der Waals surface area contributed by atoms with E-state index in [1.165, 1.54) is 19.2 Å². The van der Waals surface area contributed by atoms with E-state index >= 15 is 0 Å². The smallest absolute Gasteiger partial charge is 0.325 e. The molecule has 0 aliphatic heterocycles. The van der Waals surface area contributed by atoms with Crippen molar-refractivity contribution in [2.24, 2.45) is 0 Å². The Kier molecular flexibility index (Phi) is 4.63. The van der Waals surface area contributed by atoms with Crippen molar-refractivity contribution in [2.45, 2.75) is 13.5 Å². The van der Waals surface area contributed by atoms with Gasteiger partial charge in [0.1, 0.15) is 11.9 Å². The molecule has 0 saturated carbocycles. The normalized spacial score (nSPS) is 10.6. The lowest BCUT2D eigenvalue weighted by atomic mass is 10.1. The molecule has 0 unspecified atom stereocenters. The van der Waals surface area contributed by atoms with Gasteiger partial charge in [-0.3, -0.25) is 9.78 Å². The number of hydrogen-bond acceptors (Lipinski definition) is 6. The fourth-order valence-electron chi connectivity index (χ4n) is 3.01. The molecule has 0 aliphatic rings. The Morgan fingerprint density at radius 3 is 2.62 bits per heavy atom. The minimum absolute atomic E-state index is 0.155. The number of nitriles is 1. The first kappa shape index (κ1) is 18.1. The molecule has 8 heteroatoms. The molecule has 3 aromatic heterocycles. The van der Waals surface area contributed by atoms with Gasteiger partial charge in [0, 0.05) is 24.5 Å². The van der Waals surface area contributed by atoms with Crippen molar-refractivity contribution in [1.82, 2.24) is 19.9 Å². The SMILES string of the molecule is CC(=O)c1cc(C#N)cnc1NCc1ccc(-c2cnc3[nH]c(=O)[nH]c3c2)cc1. The molecule has 29 heavy (non-hydrogen) atoms. The number of rotatable bonds is 5. The van der Waals surface area contributed by atoms with E-state index in [1.807, 2.05) is 36.4 Å². The number of H-pyrrole nitrogens is 2. The van der Waals surface area contributed by atoms with Crippen LogP contribution in [0.1, 0.15) is 28.4 Å². The highest BCUT2D eigenvalue weighted by molar-refractivity contribution is 5.99. The second-order valence-electron chi connectivity index (χ2n) is 6.54. The third-order valence-electron chi connectivity index (χ3n) is 4.51. The zero-order valence-electron chi connectivity index (χ0n) is 15.5. The molecule has 0 aliphatic carbocycles. The van der Waals surface area contributed by atoms with Crippen LogP contribution in [0.3, 0.4) is 0 Å². The van der Waals surface area contributed by atoms with Gasteiger partial charge in [-0.15, -0.1) is 0 Å². The zero-order valence-corrected chi connectivity index (χ0v) is 15.5. The third-order valence-corrected chi connectivity index (χ3v) is 4.51. The van der Waals surface area contributed by atoms with Gasteiger partial charge in [0.15, 0.2) is 11.4 Å². The van der Waals surface area contributed by atoms with Gasteiger partial charge in [0.2, 0.25) is 0 Å². The molecule has 3 heterocycles. The number of anilines is 1. The van der Waals surface area contributed by atoms with Crippen LogP contribution in [-0.2, 0) is 6.54 Å². The summed E-state index contributed by atoms with van der Waals surface area (Å²) in [7, 11) is 0. The summed E-state index contributed by atoms with van der Waals surface area (Å²) in [4.78, 5) is 37.0. The molecule has 0 radical (unpaired) electrons. The van der Waals surface area contributed by atoms with Crippen LogP contribution in [-0.4, -0.2) is 25.7 Å². The lowest BCUT2D eigenvalue weighted by Crippen LogP contribution is -2.07. The standard InChI is InChI=1S/C21H16N6O2/c1-12(28)17-6-14(8-22)10-24-19(17)23-9-13-2-4-15(5-3-13)16-7-18-20(25-11-16)27-21(29)26-18/h2-7,10-11H,9H2,1H3,(H,23,24)(H2,25,26,27,29). The highest BCUT2D eigenvalue weighted by Gasteiger charge is 2.10. The molecule has 0 bridgehead atoms. The number of carbonyl (C=O) groups is 1. The Morgan fingerprint density at radius 2 is 1.90 bits per heavy atom. The Hall–Kier alpha value is -4.25. The van der Waals surface area contributed by atoms with Crippen molar-refractivity contribution in [3.8, 4) is 17.2 Å². The number of imidazole rings is 1. The molecule has 142 valence electrons. The highest BCUT2D eigenvalue weighted by Crippen LogP contribution is 2.22. The average Bonchev–Trinajstić information content (AvgIpc) is 3.11. The summed E-state index contributed by atoms with van der Waals surface area (Å²) in [6, 6.07) is 13.2. The van der Waals surface area contributed by atoms with Crippen LogP contribution in [0.15, 0.2) is 53.6 Å². The molecule has 8 nitrogen and oxygen atoms in total. The van der Waals surface area contributed by atoms with Gasteiger partial charge in [-0.05, 0) is 30.2 Å². The monoisotopic (exact) mass is 384 g/mol. The van der Waals surface area contributed by atoms with Crippen molar-refractivity contribution in [3.63, 3.8) is 0 Å². The molecule has 0 spiro atoms. The van der Waals surface area contributed by atoms with Crippen LogP contribution in [0, 0.1) is 11.3 Å². The molecule has 0 fully saturated rings. The van der Waals surface area contributed by atoms with Crippen molar-refractivity contribution >= 4 is 22.8 Å². The average molecular weight is 384 g/mol. The third kappa shape index (κ3) is 3.75. The summed E-state index contributed by atoms with van der Waals surface area (Å²) in [5.41, 5.74) is 4.48. The van der Waals surface area contributed by atoms with Gasteiger partial charge >= 0.3 is 5.69 Å². The lowest BCUT2D eigenvalue weighted by molar-refractivity contribution is 0.101. The first-order valence-corrected chi connectivity index (χ1v) is 8.86. The van der Waals surface area contributed by atoms with Crippen molar-refractivity contribution < 1.29 is 4.79 Å². The van der Waals surface area contributed by atoms with Crippen molar-refractivity contribution in [3.05, 3.63) is 76.0 Å². The van der Waals surface area contributed by atoms with E-state index in [0.717, 1.165) is 16.7 Å². The molecule has 4 aromatic rings. The van der Waals surface area contributed by atoms with E-state index in [4.69, 9.17) is 5.26 Å². The maximum Gasteiger partial charge on any atom is 0.325 e. The van der Waals surface area contributed by atoms with Crippen LogP contribution in [0.4, 0.5) is 5.82 Å². The number of nitrogens with zero attached hydrogens (tertiary/aromatic N) is 3. The van der Waals surface area contributed by atoms with Gasteiger partial charge < -0.3 is 10.3 Å². The number of Topliss-reactive ketones (excluding diaryl/α,β-unsaturated/α-hetero) is 1. The molecule has 0 saturated heterocycles. The summed E-state index contributed by atoms with van der Waals surface area (Å²) in [6.07, 6.45) is 3.14. The van der Waals surface area contributed by atoms with Crippen molar-refractivity contribution in [2.75, 3.05) is 5.32 Å². The maximum absolute atomic E-state index is 11.8. The summed E-state index contributed by atoms with van der Waals surface area (Å²) in [6.45, 7) is 1.92. The number of carbonyl (C=O) groups excluding carboxylic acids is 1. The number of aromatic amines is 2. The van der Waals surface area contributed by atoms with E-state index < -0.39 is 0 Å². The topological polar surface area (TPSA) is 127 Å². The fraction of sp³-hybridized carbons (Fsp3) is 0.0952. The largest absolute Gasteiger partial charge is 0.365 e. The van der Waals surface area contributed by atoms with E-state index in [-0.39, 0.29) is 11.5 Å². The van der Waals surface area contributed by atoms with Crippen LogP contribution < -0.4 is 11.0 Å². The van der Waals surface area contributed by atoms with Gasteiger partial charge in [-0.25, -0.2) is 14.8 Å². The van der Waals surface area contributed by atoms with E-state index in [1.54, 1.807) is 6.20 Å². The Labute approximate surface area is 165 Å². The van der Waals surface area contributed by atoms with E-state index in [2.05, 4.69) is 25.3 Å². The second-order valence-corrected chi connectivity index (χ2v) is 6.54. The van der Waals surface area contributed by atoms with Gasteiger partial charge in [0.25, 0.3) is 0 Å². The summed E-state index contributed by atoms with van der Waals surface area (Å²) >= 11 is 0. The van der Waals surface area contributed by atoms with Gasteiger partial charge in [-0.2, -0.15) is 5.26 Å². The molecule has 0 amide bonds. The number of fused-ring (bicyclic) bond motifs is 1. The quantitative estimate of drug-likeness (QED) is 0.454. The van der Waals surface area contributed by atoms with Crippen LogP contribution in [0.2, 0.25) is 0 Å². The maximum atomic E-state index is 11.8. The second kappa shape index (κ2) is 7.40. The lowest BCUT2D eigenvalue weighted by Gasteiger charge is -2.10. The number of pyridine rings is 2. The van der Waals surface area contributed by atoms with Crippen molar-refractivity contribution in [1.29, 1.82) is 5.26 Å². The minimum atomic E-state index is -0.285. The minimum Gasteiger partial charge on any atom is -0.365 e. The number of hydrogen-bond donors (Lipinski definition) is 3. The van der Waals surface area contributed by atoms with Crippen LogP contribution in [0.5, 0.6) is 0 Å². The predicted molar refractivity (Wildman–Crippen MR) is 108 cm³/mol. The predicted octanol–water partition coefficient (Wildman–Crippen LogP) is 3.00. The molecular weight excluding hydrogens is 368 g/mol. The van der Waals surface area contributed by atoms with E-state index in [0.29, 0.717) is 34.7 Å². The van der Waals surface area contributed by atoms with Gasteiger partial charge in [0.05, 0.1) is 16.6 Å². The Bertz CT molecular complexity index is 1310. The summed E-state index contributed by atoms with van der Waals surface area (Å²) < 4.78 is 0. The molecule has 3 N–H and O–H groups in total. The highest BCUT2D eigenvalue weighted by atomic mass is 16.1. The number of aromatic nitrogens is 4. The zero-order chi connectivity index (χ0) is 20.4. The summed E-state index contributed by atoms with van der Waals surface area (Å²) in [5, 5.41) is 12.1. The molecule has 4 rings (SSSR count). The van der Waals surface area contributed by atoms with Crippen LogP contribution in [0.25, 0.3) is 22.3 Å². The van der Waals surface area contributed by atoms with E-state index in [9.17, 15) is 9.59 Å². The molecule has 0 atom stereocenters. The fourth-order valence-corrected chi connectivity index (χ4v) is 3.01. The van der Waals surface area contributed by atoms with Crippen LogP contribution >= 0.6 is 0 Å². The molecule has 1 aromatic carbocycles. The Morgan fingerprint density at radius 1 is 1.10 bits per heavy atom.